The summed E-state index contributed by atoms with van der Waals surface area (Å²) >= 11 is 0. The molecule has 4 heteroatoms. The van der Waals surface area contributed by atoms with E-state index in [9.17, 15) is 9.90 Å². The van der Waals surface area contributed by atoms with Gasteiger partial charge in [-0.15, -0.1) is 0 Å². The van der Waals surface area contributed by atoms with Gasteiger partial charge in [-0.05, 0) is 43.9 Å². The molecule has 0 aromatic rings. The largest absolute Gasteiger partial charge is 0.396 e. The third-order valence-corrected chi connectivity index (χ3v) is 4.35. The summed E-state index contributed by atoms with van der Waals surface area (Å²) in [7, 11) is 0. The maximum Gasteiger partial charge on any atom is 0.317 e. The van der Waals surface area contributed by atoms with Gasteiger partial charge in [0.15, 0.2) is 0 Å². The summed E-state index contributed by atoms with van der Waals surface area (Å²) in [5.41, 5.74) is -0.0465. The molecule has 2 atom stereocenters. The second-order valence-electron chi connectivity index (χ2n) is 7.20. The van der Waals surface area contributed by atoms with Gasteiger partial charge in [0.05, 0.1) is 0 Å². The quantitative estimate of drug-likeness (QED) is 0.763. The topological polar surface area (TPSA) is 52.6 Å². The van der Waals surface area contributed by atoms with Crippen LogP contribution in [0.3, 0.4) is 0 Å². The Morgan fingerprint density at radius 3 is 2.70 bits per heavy atom. The zero-order valence-electron chi connectivity index (χ0n) is 13.6. The number of nitrogens with zero attached hydrogens (tertiary/aromatic N) is 1. The summed E-state index contributed by atoms with van der Waals surface area (Å²) in [6, 6.07) is 0.418. The summed E-state index contributed by atoms with van der Waals surface area (Å²) < 4.78 is 0. The number of likely N-dealkylation sites (tertiary alicyclic amines) is 1. The van der Waals surface area contributed by atoms with E-state index >= 15 is 0 Å². The van der Waals surface area contributed by atoms with Crippen molar-refractivity contribution < 1.29 is 9.90 Å². The number of nitrogens with one attached hydrogen (secondary N) is 1. The predicted octanol–water partition coefficient (Wildman–Crippen LogP) is 3.01. The molecule has 1 rings (SSSR count). The minimum absolute atomic E-state index is 0.0465. The maximum absolute atomic E-state index is 12.3. The number of urea groups is 1. The van der Waals surface area contributed by atoms with Crippen LogP contribution < -0.4 is 5.32 Å². The van der Waals surface area contributed by atoms with E-state index in [4.69, 9.17) is 0 Å². The number of hydrogen-bond acceptors (Lipinski definition) is 2. The van der Waals surface area contributed by atoms with Crippen LogP contribution in [0, 0.1) is 11.3 Å². The average molecular weight is 284 g/mol. The summed E-state index contributed by atoms with van der Waals surface area (Å²) in [4.78, 5) is 14.3. The van der Waals surface area contributed by atoms with Crippen LogP contribution in [0.5, 0.6) is 0 Å². The predicted molar refractivity (Wildman–Crippen MR) is 82.7 cm³/mol. The standard InChI is InChI=1S/C16H32N2O2/c1-13-7-5-8-14(2)18(11-13)15(20)17-10-6-9-16(3,4)12-19/h13-14,19H,5-12H2,1-4H3,(H,17,20)/t13-,14+/m0/s1. The van der Waals surface area contributed by atoms with E-state index < -0.39 is 0 Å². The van der Waals surface area contributed by atoms with Crippen LogP contribution in [-0.2, 0) is 0 Å². The second-order valence-corrected chi connectivity index (χ2v) is 7.20. The van der Waals surface area contributed by atoms with Gasteiger partial charge in [-0.1, -0.05) is 27.2 Å². The number of aliphatic hydroxyl groups is 1. The number of aliphatic hydroxyl groups excluding tert-OH is 1. The van der Waals surface area contributed by atoms with E-state index in [2.05, 4.69) is 19.2 Å². The Bertz CT molecular complexity index is 305. The van der Waals surface area contributed by atoms with Gasteiger partial charge in [0.2, 0.25) is 0 Å². The van der Waals surface area contributed by atoms with Gasteiger partial charge < -0.3 is 15.3 Å². The van der Waals surface area contributed by atoms with Crippen molar-refractivity contribution >= 4 is 6.03 Å². The molecule has 0 spiro atoms. The zero-order chi connectivity index (χ0) is 15.2. The monoisotopic (exact) mass is 284 g/mol. The van der Waals surface area contributed by atoms with Gasteiger partial charge in [-0.2, -0.15) is 0 Å². The van der Waals surface area contributed by atoms with Crippen molar-refractivity contribution in [3.05, 3.63) is 0 Å². The lowest BCUT2D eigenvalue weighted by Crippen LogP contribution is -2.46. The van der Waals surface area contributed by atoms with E-state index in [0.717, 1.165) is 25.8 Å². The molecule has 1 saturated heterocycles. The molecule has 0 saturated carbocycles. The lowest BCUT2D eigenvalue weighted by molar-refractivity contribution is 0.146. The average Bonchev–Trinajstić information content (AvgIpc) is 2.56. The summed E-state index contributed by atoms with van der Waals surface area (Å²) in [5, 5.41) is 12.2. The Morgan fingerprint density at radius 2 is 2.05 bits per heavy atom. The maximum atomic E-state index is 12.3. The molecule has 20 heavy (non-hydrogen) atoms. The van der Waals surface area contributed by atoms with Crippen molar-refractivity contribution in [1.29, 1.82) is 0 Å². The Balaban J connectivity index is 2.34. The van der Waals surface area contributed by atoms with Crippen LogP contribution >= 0.6 is 0 Å². The van der Waals surface area contributed by atoms with Crippen molar-refractivity contribution in [2.24, 2.45) is 11.3 Å². The van der Waals surface area contributed by atoms with Gasteiger partial charge in [-0.25, -0.2) is 4.79 Å². The van der Waals surface area contributed by atoms with Gasteiger partial charge in [0, 0.05) is 25.7 Å². The molecular weight excluding hydrogens is 252 g/mol. The molecule has 1 aliphatic rings. The first-order chi connectivity index (χ1) is 9.35. The molecule has 4 nitrogen and oxygen atoms in total. The summed E-state index contributed by atoms with van der Waals surface area (Å²) in [5.74, 6) is 0.596. The number of amides is 2. The smallest absolute Gasteiger partial charge is 0.317 e. The molecule has 118 valence electrons. The van der Waals surface area contributed by atoms with E-state index in [0.29, 0.717) is 18.5 Å². The van der Waals surface area contributed by atoms with Crippen molar-refractivity contribution in [2.75, 3.05) is 19.7 Å². The van der Waals surface area contributed by atoms with Crippen molar-refractivity contribution in [1.82, 2.24) is 10.2 Å². The minimum atomic E-state index is -0.0465. The van der Waals surface area contributed by atoms with Crippen LogP contribution in [0.1, 0.15) is 59.8 Å². The molecule has 0 aromatic carbocycles. The Morgan fingerprint density at radius 1 is 1.35 bits per heavy atom. The van der Waals surface area contributed by atoms with Crippen LogP contribution in [0.2, 0.25) is 0 Å². The fraction of sp³-hybridized carbons (Fsp3) is 0.938. The molecular formula is C16H32N2O2. The van der Waals surface area contributed by atoms with Gasteiger partial charge >= 0.3 is 6.03 Å². The fourth-order valence-corrected chi connectivity index (χ4v) is 2.75. The fourth-order valence-electron chi connectivity index (χ4n) is 2.75. The molecule has 2 N–H and O–H groups in total. The highest BCUT2D eigenvalue weighted by molar-refractivity contribution is 5.74. The molecule has 0 bridgehead atoms. The molecule has 1 aliphatic heterocycles. The molecule has 0 aromatic heterocycles. The third kappa shape index (κ3) is 5.70. The SMILES string of the molecule is C[C@H]1CCC[C@@H](C)N(C(=O)NCCCC(C)(C)CO)C1. The lowest BCUT2D eigenvalue weighted by atomic mass is 9.89. The number of carbonyl (C=O) groups excluding carboxylic acids is 1. The molecule has 1 fully saturated rings. The van der Waals surface area contributed by atoms with Crippen molar-refractivity contribution in [3.8, 4) is 0 Å². The van der Waals surface area contributed by atoms with Crippen molar-refractivity contribution in [2.45, 2.75) is 65.8 Å². The van der Waals surface area contributed by atoms with E-state index in [1.54, 1.807) is 0 Å². The number of carbonyl (C=O) groups is 1. The molecule has 1 heterocycles. The molecule has 0 aliphatic carbocycles. The highest BCUT2D eigenvalue weighted by Crippen LogP contribution is 2.22. The van der Waals surface area contributed by atoms with Crippen LogP contribution in [0.4, 0.5) is 4.79 Å². The molecule has 0 unspecified atom stereocenters. The van der Waals surface area contributed by atoms with Crippen LogP contribution in [-0.4, -0.2) is 41.8 Å². The molecule has 0 radical (unpaired) electrons. The van der Waals surface area contributed by atoms with E-state index in [1.165, 1.54) is 12.8 Å². The Labute approximate surface area is 123 Å². The van der Waals surface area contributed by atoms with Gasteiger partial charge in [-0.3, -0.25) is 0 Å². The Hall–Kier alpha value is -0.770. The molecule has 2 amide bonds. The minimum Gasteiger partial charge on any atom is -0.396 e. The van der Waals surface area contributed by atoms with Crippen LogP contribution in [0.15, 0.2) is 0 Å². The first-order valence-corrected chi connectivity index (χ1v) is 8.01. The normalized spacial score (nSPS) is 24.4. The van der Waals surface area contributed by atoms with Crippen LogP contribution in [0.25, 0.3) is 0 Å². The first-order valence-electron chi connectivity index (χ1n) is 8.01. The van der Waals surface area contributed by atoms with E-state index in [1.807, 2.05) is 18.7 Å². The van der Waals surface area contributed by atoms with Gasteiger partial charge in [0.25, 0.3) is 0 Å². The second kappa shape index (κ2) is 7.87. The first kappa shape index (κ1) is 17.3. The number of hydrogen-bond donors (Lipinski definition) is 2. The lowest BCUT2D eigenvalue weighted by Gasteiger charge is -2.29. The summed E-state index contributed by atoms with van der Waals surface area (Å²) in [6.07, 6.45) is 5.39. The Kier molecular flexibility index (Phi) is 6.80. The summed E-state index contributed by atoms with van der Waals surface area (Å²) in [6.45, 7) is 10.2. The van der Waals surface area contributed by atoms with Crippen molar-refractivity contribution in [3.63, 3.8) is 0 Å². The highest BCUT2D eigenvalue weighted by atomic mass is 16.3. The van der Waals surface area contributed by atoms with Gasteiger partial charge in [0.1, 0.15) is 0 Å². The number of rotatable bonds is 5. The third-order valence-electron chi connectivity index (χ3n) is 4.35. The zero-order valence-corrected chi connectivity index (χ0v) is 13.6. The highest BCUT2D eigenvalue weighted by Gasteiger charge is 2.25. The van der Waals surface area contributed by atoms with E-state index in [-0.39, 0.29) is 18.1 Å².